The third kappa shape index (κ3) is 6.12. The van der Waals surface area contributed by atoms with Gasteiger partial charge in [-0.25, -0.2) is 4.79 Å². The quantitative estimate of drug-likeness (QED) is 0.335. The topological polar surface area (TPSA) is 88.2 Å². The Morgan fingerprint density at radius 2 is 1.38 bits per heavy atom. The molecule has 2 aliphatic rings. The number of likely N-dealkylation sites (tertiary alicyclic amines) is 2. The first-order valence-corrected chi connectivity index (χ1v) is 13.2. The highest BCUT2D eigenvalue weighted by atomic mass is 16.6. The summed E-state index contributed by atoms with van der Waals surface area (Å²) < 4.78 is 11.5. The summed E-state index contributed by atoms with van der Waals surface area (Å²) >= 11 is 0. The Bertz CT molecular complexity index is 1260. The fourth-order valence-electron chi connectivity index (χ4n) is 5.86. The van der Waals surface area contributed by atoms with Gasteiger partial charge in [0.15, 0.2) is 0 Å². The highest BCUT2D eigenvalue weighted by Crippen LogP contribution is 2.44. The molecule has 202 valence electrons. The summed E-state index contributed by atoms with van der Waals surface area (Å²) in [5.74, 6) is -0.435. The molecule has 2 bridgehead atoms. The van der Waals surface area contributed by atoms with Crippen LogP contribution in [0.3, 0.4) is 0 Å². The van der Waals surface area contributed by atoms with E-state index in [4.69, 9.17) is 9.47 Å². The zero-order valence-electron chi connectivity index (χ0n) is 21.8. The molecule has 3 aromatic rings. The minimum absolute atomic E-state index is 0.000662. The van der Waals surface area contributed by atoms with E-state index >= 15 is 0 Å². The van der Waals surface area contributed by atoms with Crippen LogP contribution in [0.2, 0.25) is 0 Å². The Morgan fingerprint density at radius 3 is 1.97 bits per heavy atom. The van der Waals surface area contributed by atoms with Gasteiger partial charge >= 0.3 is 12.1 Å². The number of piperidine rings is 2. The van der Waals surface area contributed by atoms with Crippen LogP contribution in [-0.2, 0) is 38.8 Å². The third-order valence-corrected chi connectivity index (χ3v) is 7.50. The Kier molecular flexibility index (Phi) is 8.22. The summed E-state index contributed by atoms with van der Waals surface area (Å²) in [5.41, 5.74) is 1.70. The summed E-state index contributed by atoms with van der Waals surface area (Å²) in [5, 5.41) is 2.79. The van der Waals surface area contributed by atoms with Crippen LogP contribution >= 0.6 is 0 Å². The number of amides is 2. The second-order valence-corrected chi connectivity index (χ2v) is 10.3. The van der Waals surface area contributed by atoms with Crippen LogP contribution in [0.5, 0.6) is 0 Å². The smallest absolute Gasteiger partial charge is 0.411 e. The van der Waals surface area contributed by atoms with E-state index in [-0.39, 0.29) is 19.1 Å². The van der Waals surface area contributed by atoms with Crippen LogP contribution < -0.4 is 5.32 Å². The molecule has 2 amide bonds. The molecule has 0 radical (unpaired) electrons. The summed E-state index contributed by atoms with van der Waals surface area (Å²) in [4.78, 5) is 42.9. The second-order valence-electron chi connectivity index (χ2n) is 10.3. The van der Waals surface area contributed by atoms with Gasteiger partial charge in [0, 0.05) is 26.2 Å². The standard InChI is InChI=1S/C31H33N3O5/c35-23-32-28-31(29(36)38-20-25-12-6-2-7-13-25)16-27(18-33(22-31)17-24-10-4-1-5-11-24)19-34(28)30(37)39-21-26-14-8-3-9-15-26/h1-15,23,27-28H,16-22H2,(H,32,35). The molecule has 3 unspecified atom stereocenters. The zero-order valence-corrected chi connectivity index (χ0v) is 21.8. The molecular formula is C31H33N3O5. The van der Waals surface area contributed by atoms with Gasteiger partial charge in [0.1, 0.15) is 24.8 Å². The van der Waals surface area contributed by atoms with Gasteiger partial charge in [-0.3, -0.25) is 19.4 Å². The molecule has 2 saturated heterocycles. The molecule has 2 fully saturated rings. The molecule has 0 spiro atoms. The molecule has 2 heterocycles. The van der Waals surface area contributed by atoms with Crippen molar-refractivity contribution in [1.29, 1.82) is 0 Å². The number of carbonyl (C=O) groups is 3. The molecule has 2 aliphatic heterocycles. The predicted octanol–water partition coefficient (Wildman–Crippen LogP) is 3.96. The van der Waals surface area contributed by atoms with E-state index in [1.54, 1.807) is 0 Å². The molecule has 8 heteroatoms. The van der Waals surface area contributed by atoms with E-state index in [1.165, 1.54) is 4.90 Å². The zero-order chi connectivity index (χ0) is 27.1. The SMILES string of the molecule is O=CNC1N(C(=O)OCc2ccccc2)CC2CN(Cc3ccccc3)CC1(C(=O)OCc1ccccc1)C2. The number of carbonyl (C=O) groups excluding carboxylic acids is 3. The summed E-state index contributed by atoms with van der Waals surface area (Å²) in [6.07, 6.45) is -0.430. The molecule has 3 aromatic carbocycles. The first-order chi connectivity index (χ1) is 19.1. The molecular weight excluding hydrogens is 494 g/mol. The van der Waals surface area contributed by atoms with Crippen molar-refractivity contribution in [3.63, 3.8) is 0 Å². The molecule has 3 atom stereocenters. The largest absolute Gasteiger partial charge is 0.460 e. The van der Waals surface area contributed by atoms with Crippen LogP contribution in [0.4, 0.5) is 4.79 Å². The number of fused-ring (bicyclic) bond motifs is 2. The van der Waals surface area contributed by atoms with Crippen molar-refractivity contribution in [1.82, 2.24) is 15.1 Å². The van der Waals surface area contributed by atoms with Crippen molar-refractivity contribution in [2.24, 2.45) is 11.3 Å². The number of ether oxygens (including phenoxy) is 2. The lowest BCUT2D eigenvalue weighted by atomic mass is 9.69. The number of benzene rings is 3. The van der Waals surface area contributed by atoms with Gasteiger partial charge in [0.2, 0.25) is 6.41 Å². The number of hydrogen-bond acceptors (Lipinski definition) is 6. The maximum absolute atomic E-state index is 14.0. The Balaban J connectivity index is 1.41. The maximum atomic E-state index is 14.0. The van der Waals surface area contributed by atoms with Gasteiger partial charge in [0.25, 0.3) is 0 Å². The lowest BCUT2D eigenvalue weighted by molar-refractivity contribution is -0.177. The molecule has 5 rings (SSSR count). The Morgan fingerprint density at radius 1 is 0.821 bits per heavy atom. The molecule has 1 N–H and O–H groups in total. The van der Waals surface area contributed by atoms with Crippen LogP contribution in [0.15, 0.2) is 91.0 Å². The fraction of sp³-hybridized carbons (Fsp3) is 0.323. The minimum atomic E-state index is -1.16. The normalized spacial score (nSPS) is 22.5. The Labute approximate surface area is 228 Å². The molecule has 8 nitrogen and oxygen atoms in total. The number of rotatable bonds is 9. The monoisotopic (exact) mass is 527 g/mol. The maximum Gasteiger partial charge on any atom is 0.411 e. The lowest BCUT2D eigenvalue weighted by Crippen LogP contribution is -2.71. The average Bonchev–Trinajstić information content (AvgIpc) is 2.97. The van der Waals surface area contributed by atoms with Crippen LogP contribution in [-0.4, -0.2) is 54.1 Å². The molecule has 39 heavy (non-hydrogen) atoms. The van der Waals surface area contributed by atoms with Crippen molar-refractivity contribution in [3.05, 3.63) is 108 Å². The van der Waals surface area contributed by atoms with Crippen LogP contribution in [0, 0.1) is 11.3 Å². The van der Waals surface area contributed by atoms with E-state index in [0.717, 1.165) is 16.7 Å². The third-order valence-electron chi connectivity index (χ3n) is 7.50. The highest BCUT2D eigenvalue weighted by molar-refractivity contribution is 5.81. The summed E-state index contributed by atoms with van der Waals surface area (Å²) in [7, 11) is 0. The van der Waals surface area contributed by atoms with Gasteiger partial charge in [-0.15, -0.1) is 0 Å². The first kappa shape index (κ1) is 26.4. The van der Waals surface area contributed by atoms with E-state index in [2.05, 4.69) is 22.3 Å². The van der Waals surface area contributed by atoms with E-state index in [0.29, 0.717) is 39.0 Å². The number of esters is 1. The summed E-state index contributed by atoms with van der Waals surface area (Å²) in [6.45, 7) is 2.26. The summed E-state index contributed by atoms with van der Waals surface area (Å²) in [6, 6.07) is 28.9. The molecule has 0 saturated carbocycles. The van der Waals surface area contributed by atoms with Gasteiger partial charge in [-0.2, -0.15) is 0 Å². The second kappa shape index (κ2) is 12.1. The predicted molar refractivity (Wildman–Crippen MR) is 145 cm³/mol. The van der Waals surface area contributed by atoms with Crippen molar-refractivity contribution >= 4 is 18.5 Å². The molecule has 0 aliphatic carbocycles. The van der Waals surface area contributed by atoms with Crippen LogP contribution in [0.25, 0.3) is 0 Å². The van der Waals surface area contributed by atoms with Crippen molar-refractivity contribution in [3.8, 4) is 0 Å². The van der Waals surface area contributed by atoms with Gasteiger partial charge < -0.3 is 14.8 Å². The highest BCUT2D eigenvalue weighted by Gasteiger charge is 2.59. The van der Waals surface area contributed by atoms with Gasteiger partial charge in [-0.05, 0) is 29.0 Å². The average molecular weight is 528 g/mol. The van der Waals surface area contributed by atoms with E-state index in [9.17, 15) is 14.4 Å². The molecule has 0 aromatic heterocycles. The number of nitrogens with zero attached hydrogens (tertiary/aromatic N) is 2. The number of hydrogen-bond donors (Lipinski definition) is 1. The first-order valence-electron chi connectivity index (χ1n) is 13.2. The van der Waals surface area contributed by atoms with Gasteiger partial charge in [-0.1, -0.05) is 91.0 Å². The Hall–Kier alpha value is -4.17. The fourth-order valence-corrected chi connectivity index (χ4v) is 5.86. The van der Waals surface area contributed by atoms with Gasteiger partial charge in [0.05, 0.1) is 0 Å². The van der Waals surface area contributed by atoms with E-state index in [1.807, 2.05) is 78.9 Å². The van der Waals surface area contributed by atoms with E-state index < -0.39 is 23.6 Å². The van der Waals surface area contributed by atoms with Crippen molar-refractivity contribution in [2.45, 2.75) is 32.3 Å². The van der Waals surface area contributed by atoms with Crippen LogP contribution in [0.1, 0.15) is 23.1 Å². The van der Waals surface area contributed by atoms with Crippen molar-refractivity contribution in [2.75, 3.05) is 19.6 Å². The van der Waals surface area contributed by atoms with Crippen molar-refractivity contribution < 1.29 is 23.9 Å². The minimum Gasteiger partial charge on any atom is -0.460 e. The number of nitrogens with one attached hydrogen (secondary N) is 1. The lowest BCUT2D eigenvalue weighted by Gasteiger charge is -2.55.